The summed E-state index contributed by atoms with van der Waals surface area (Å²) < 4.78 is 7.10. The third-order valence-corrected chi connectivity index (χ3v) is 4.37. The summed E-state index contributed by atoms with van der Waals surface area (Å²) in [6.07, 6.45) is 8.91. The lowest BCUT2D eigenvalue weighted by Gasteiger charge is -2.18. The SMILES string of the molecule is CCCCN(C=Nc1ccn([C@H]2CC[C@@H](CO)O2)c(=O)n1)CCCC. The molecule has 1 N–H and O–H groups in total. The van der Waals surface area contributed by atoms with E-state index >= 15 is 0 Å². The van der Waals surface area contributed by atoms with E-state index in [1.807, 2.05) is 0 Å². The Bertz CT molecular complexity index is 594. The molecule has 0 aromatic carbocycles. The van der Waals surface area contributed by atoms with Gasteiger partial charge in [-0.2, -0.15) is 4.98 Å². The van der Waals surface area contributed by atoms with Crippen LogP contribution in [0.25, 0.3) is 0 Å². The number of unbranched alkanes of at least 4 members (excludes halogenated alkanes) is 2. The highest BCUT2D eigenvalue weighted by molar-refractivity contribution is 5.59. The molecule has 0 saturated carbocycles. The molecule has 7 heteroatoms. The van der Waals surface area contributed by atoms with E-state index in [2.05, 4.69) is 28.7 Å². The van der Waals surface area contributed by atoms with Gasteiger partial charge in [-0.1, -0.05) is 26.7 Å². The molecule has 0 unspecified atom stereocenters. The number of hydrogen-bond acceptors (Lipinski definition) is 5. The first-order valence-electron chi connectivity index (χ1n) is 9.31. The molecule has 0 amide bonds. The van der Waals surface area contributed by atoms with Crippen LogP contribution in [0.15, 0.2) is 22.1 Å². The van der Waals surface area contributed by atoms with Crippen LogP contribution in [-0.2, 0) is 4.74 Å². The second-order valence-electron chi connectivity index (χ2n) is 6.44. The quantitative estimate of drug-likeness (QED) is 0.518. The average Bonchev–Trinajstić information content (AvgIpc) is 3.10. The predicted molar refractivity (Wildman–Crippen MR) is 98.3 cm³/mol. The van der Waals surface area contributed by atoms with Gasteiger partial charge in [0, 0.05) is 19.3 Å². The Kier molecular flexibility index (Phi) is 8.08. The fourth-order valence-corrected chi connectivity index (χ4v) is 2.81. The molecular formula is C18H30N4O3. The third-order valence-electron chi connectivity index (χ3n) is 4.37. The molecule has 2 atom stereocenters. The molecule has 0 radical (unpaired) electrons. The van der Waals surface area contributed by atoms with E-state index in [4.69, 9.17) is 9.84 Å². The van der Waals surface area contributed by atoms with Crippen molar-refractivity contribution < 1.29 is 9.84 Å². The molecule has 25 heavy (non-hydrogen) atoms. The molecule has 1 aliphatic heterocycles. The van der Waals surface area contributed by atoms with Gasteiger partial charge in [0.25, 0.3) is 0 Å². The fraction of sp³-hybridized carbons (Fsp3) is 0.722. The van der Waals surface area contributed by atoms with Crippen LogP contribution < -0.4 is 5.69 Å². The number of aliphatic imine (C=N–C) groups is 1. The van der Waals surface area contributed by atoms with Gasteiger partial charge in [-0.25, -0.2) is 9.79 Å². The van der Waals surface area contributed by atoms with Crippen molar-refractivity contribution in [3.05, 3.63) is 22.7 Å². The van der Waals surface area contributed by atoms with Crippen molar-refractivity contribution in [3.8, 4) is 0 Å². The lowest BCUT2D eigenvalue weighted by molar-refractivity contribution is -0.0245. The van der Waals surface area contributed by atoms with Crippen LogP contribution in [0.4, 0.5) is 5.82 Å². The standard InChI is InChI=1S/C18H30N4O3/c1-3-5-10-21(11-6-4-2)14-19-16-9-12-22(18(24)20-16)17-8-7-15(13-23)25-17/h9,12,14-15,17,23H,3-8,10-11,13H2,1-2H3/t15-,17+/m0/s1. The normalized spacial score (nSPS) is 20.4. The van der Waals surface area contributed by atoms with Gasteiger partial charge in [0.2, 0.25) is 0 Å². The van der Waals surface area contributed by atoms with E-state index in [1.165, 1.54) is 4.57 Å². The highest BCUT2D eigenvalue weighted by Crippen LogP contribution is 2.26. The Morgan fingerprint density at radius 2 is 2.08 bits per heavy atom. The topological polar surface area (TPSA) is 80.0 Å². The summed E-state index contributed by atoms with van der Waals surface area (Å²) in [5.74, 6) is 0.413. The summed E-state index contributed by atoms with van der Waals surface area (Å²) in [6, 6.07) is 1.73. The van der Waals surface area contributed by atoms with Gasteiger partial charge in [-0.15, -0.1) is 0 Å². The number of rotatable bonds is 10. The molecule has 0 bridgehead atoms. The number of aromatic nitrogens is 2. The van der Waals surface area contributed by atoms with E-state index in [9.17, 15) is 4.79 Å². The van der Waals surface area contributed by atoms with Crippen LogP contribution in [-0.4, -0.2) is 51.7 Å². The van der Waals surface area contributed by atoms with Crippen molar-refractivity contribution in [1.82, 2.24) is 14.5 Å². The largest absolute Gasteiger partial charge is 0.394 e. The van der Waals surface area contributed by atoms with Gasteiger partial charge >= 0.3 is 5.69 Å². The van der Waals surface area contributed by atoms with Crippen LogP contribution in [0.3, 0.4) is 0 Å². The number of aliphatic hydroxyl groups excluding tert-OH is 1. The van der Waals surface area contributed by atoms with Gasteiger partial charge in [-0.05, 0) is 31.7 Å². The van der Waals surface area contributed by atoms with Gasteiger partial charge < -0.3 is 14.7 Å². The van der Waals surface area contributed by atoms with Crippen LogP contribution in [0.2, 0.25) is 0 Å². The van der Waals surface area contributed by atoms with E-state index in [-0.39, 0.29) is 24.6 Å². The lowest BCUT2D eigenvalue weighted by atomic mass is 10.2. The minimum absolute atomic E-state index is 0.0214. The molecule has 7 nitrogen and oxygen atoms in total. The van der Waals surface area contributed by atoms with Crippen molar-refractivity contribution in [2.24, 2.45) is 4.99 Å². The monoisotopic (exact) mass is 350 g/mol. The van der Waals surface area contributed by atoms with E-state index < -0.39 is 0 Å². The van der Waals surface area contributed by atoms with Gasteiger partial charge in [0.1, 0.15) is 6.23 Å². The summed E-state index contributed by atoms with van der Waals surface area (Å²) in [7, 11) is 0. The Labute approximate surface area is 149 Å². The first-order chi connectivity index (χ1) is 12.2. The number of aliphatic hydroxyl groups is 1. The summed E-state index contributed by atoms with van der Waals surface area (Å²) in [6.45, 7) is 6.25. The van der Waals surface area contributed by atoms with Crippen molar-refractivity contribution in [3.63, 3.8) is 0 Å². The van der Waals surface area contributed by atoms with E-state index in [0.29, 0.717) is 12.2 Å². The second-order valence-corrected chi connectivity index (χ2v) is 6.44. The smallest absolute Gasteiger partial charge is 0.351 e. The molecule has 0 spiro atoms. The first-order valence-corrected chi connectivity index (χ1v) is 9.31. The maximum atomic E-state index is 12.2. The molecular weight excluding hydrogens is 320 g/mol. The number of ether oxygens (including phenoxy) is 1. The fourth-order valence-electron chi connectivity index (χ4n) is 2.81. The zero-order chi connectivity index (χ0) is 18.1. The van der Waals surface area contributed by atoms with E-state index in [1.54, 1.807) is 18.6 Å². The van der Waals surface area contributed by atoms with Crippen molar-refractivity contribution in [2.45, 2.75) is 64.7 Å². The highest BCUT2D eigenvalue weighted by atomic mass is 16.5. The van der Waals surface area contributed by atoms with Crippen LogP contribution in [0.5, 0.6) is 0 Å². The van der Waals surface area contributed by atoms with Crippen LogP contribution >= 0.6 is 0 Å². The first kappa shape index (κ1) is 19.6. The molecule has 140 valence electrons. The maximum absolute atomic E-state index is 12.2. The predicted octanol–water partition coefficient (Wildman–Crippen LogP) is 2.48. The minimum atomic E-state index is -0.369. The Morgan fingerprint density at radius 1 is 1.36 bits per heavy atom. The van der Waals surface area contributed by atoms with Crippen LogP contribution in [0.1, 0.15) is 58.6 Å². The molecule has 1 aliphatic rings. The zero-order valence-electron chi connectivity index (χ0n) is 15.3. The summed E-state index contributed by atoms with van der Waals surface area (Å²) >= 11 is 0. The van der Waals surface area contributed by atoms with Crippen molar-refractivity contribution in [1.29, 1.82) is 0 Å². The second kappa shape index (κ2) is 10.3. The maximum Gasteiger partial charge on any atom is 0.351 e. The molecule has 1 aromatic heterocycles. The Hall–Kier alpha value is -1.73. The summed E-state index contributed by atoms with van der Waals surface area (Å²) in [4.78, 5) is 22.8. The third kappa shape index (κ3) is 5.93. The summed E-state index contributed by atoms with van der Waals surface area (Å²) in [5, 5.41) is 9.14. The molecule has 2 rings (SSSR count). The number of nitrogens with zero attached hydrogens (tertiary/aromatic N) is 4. The van der Waals surface area contributed by atoms with Gasteiger partial charge in [0.15, 0.2) is 5.82 Å². The van der Waals surface area contributed by atoms with Crippen molar-refractivity contribution >= 4 is 12.2 Å². The molecule has 1 aromatic rings. The minimum Gasteiger partial charge on any atom is -0.394 e. The summed E-state index contributed by atoms with van der Waals surface area (Å²) in [5.41, 5.74) is -0.369. The zero-order valence-corrected chi connectivity index (χ0v) is 15.3. The molecule has 0 aliphatic carbocycles. The Morgan fingerprint density at radius 3 is 2.64 bits per heavy atom. The number of hydrogen-bond donors (Lipinski definition) is 1. The van der Waals surface area contributed by atoms with E-state index in [0.717, 1.165) is 45.2 Å². The molecule has 1 saturated heterocycles. The van der Waals surface area contributed by atoms with Crippen molar-refractivity contribution in [2.75, 3.05) is 19.7 Å². The average molecular weight is 350 g/mol. The molecule has 1 fully saturated rings. The van der Waals surface area contributed by atoms with Gasteiger partial charge in [0.05, 0.1) is 19.0 Å². The van der Waals surface area contributed by atoms with Gasteiger partial charge in [-0.3, -0.25) is 4.57 Å². The highest BCUT2D eigenvalue weighted by Gasteiger charge is 2.26. The molecule has 2 heterocycles. The lowest BCUT2D eigenvalue weighted by Crippen LogP contribution is -2.27. The van der Waals surface area contributed by atoms with Crippen LogP contribution in [0, 0.1) is 0 Å². The Balaban J connectivity index is 2.02.